The number of aromatic amines is 1. The summed E-state index contributed by atoms with van der Waals surface area (Å²) in [4.78, 5) is 11.2. The molecular weight excluding hydrogens is 214 g/mol. The molecule has 0 saturated heterocycles. The molecule has 0 aliphatic heterocycles. The predicted octanol–water partition coefficient (Wildman–Crippen LogP) is 2.02. The minimum absolute atomic E-state index is 0.188. The number of hydrogen-bond donors (Lipinski definition) is 2. The van der Waals surface area contributed by atoms with Crippen LogP contribution < -0.4 is 10.9 Å². The zero-order chi connectivity index (χ0) is 10.8. The first-order chi connectivity index (χ1) is 7.16. The molecule has 1 atom stereocenters. The second kappa shape index (κ2) is 4.23. The molecular formula is C10H14ClN3O. The quantitative estimate of drug-likeness (QED) is 0.828. The summed E-state index contributed by atoms with van der Waals surface area (Å²) in [5.41, 5.74) is 0.272. The van der Waals surface area contributed by atoms with Crippen LogP contribution in [0.25, 0.3) is 0 Å². The molecule has 0 radical (unpaired) electrons. The normalized spacial score (nSPS) is 17.5. The van der Waals surface area contributed by atoms with E-state index in [-0.39, 0.29) is 10.6 Å². The lowest BCUT2D eigenvalue weighted by Crippen LogP contribution is -2.19. The summed E-state index contributed by atoms with van der Waals surface area (Å²) in [6.45, 7) is 2.09. The number of nitrogens with zero attached hydrogens (tertiary/aromatic N) is 1. The highest BCUT2D eigenvalue weighted by Gasteiger charge is 2.23. The molecule has 15 heavy (non-hydrogen) atoms. The summed E-state index contributed by atoms with van der Waals surface area (Å²) in [6, 6.07) is 0.332. The number of halogens is 1. The van der Waals surface area contributed by atoms with Crippen molar-refractivity contribution >= 4 is 17.3 Å². The lowest BCUT2D eigenvalue weighted by atomic mass is 10.1. The molecule has 1 aromatic heterocycles. The smallest absolute Gasteiger partial charge is 0.285 e. The number of nitrogens with one attached hydrogen (secondary N) is 2. The van der Waals surface area contributed by atoms with Gasteiger partial charge in [0.25, 0.3) is 5.56 Å². The van der Waals surface area contributed by atoms with Gasteiger partial charge in [-0.2, -0.15) is 5.10 Å². The number of H-pyrrole nitrogens is 1. The van der Waals surface area contributed by atoms with Gasteiger partial charge in [-0.05, 0) is 19.3 Å². The fourth-order valence-electron chi connectivity index (χ4n) is 1.66. The molecule has 0 amide bonds. The Morgan fingerprint density at radius 1 is 1.73 bits per heavy atom. The molecule has 5 heteroatoms. The van der Waals surface area contributed by atoms with Crippen LogP contribution in [0.15, 0.2) is 11.0 Å². The highest BCUT2D eigenvalue weighted by Crippen LogP contribution is 2.34. The van der Waals surface area contributed by atoms with Crippen molar-refractivity contribution < 1.29 is 0 Å². The van der Waals surface area contributed by atoms with Gasteiger partial charge in [-0.1, -0.05) is 24.4 Å². The van der Waals surface area contributed by atoms with E-state index in [9.17, 15) is 4.79 Å². The van der Waals surface area contributed by atoms with Crippen molar-refractivity contribution in [1.82, 2.24) is 10.2 Å². The lowest BCUT2D eigenvalue weighted by molar-refractivity contribution is 0.641. The van der Waals surface area contributed by atoms with Gasteiger partial charge in [-0.15, -0.1) is 0 Å². The van der Waals surface area contributed by atoms with E-state index in [1.54, 1.807) is 6.20 Å². The van der Waals surface area contributed by atoms with Gasteiger partial charge in [0, 0.05) is 6.04 Å². The number of hydrogen-bond acceptors (Lipinski definition) is 3. The monoisotopic (exact) mass is 227 g/mol. The summed E-state index contributed by atoms with van der Waals surface area (Å²) in [5.74, 6) is 0.848. The number of rotatable bonds is 4. The first-order valence-electron chi connectivity index (χ1n) is 5.16. The number of aromatic nitrogens is 2. The molecule has 2 N–H and O–H groups in total. The maximum Gasteiger partial charge on any atom is 0.285 e. The minimum Gasteiger partial charge on any atom is -0.380 e. The van der Waals surface area contributed by atoms with Crippen LogP contribution in [0, 0.1) is 5.92 Å². The third kappa shape index (κ3) is 2.72. The Kier molecular flexibility index (Phi) is 2.95. The van der Waals surface area contributed by atoms with Crippen LogP contribution >= 0.6 is 11.6 Å². The van der Waals surface area contributed by atoms with Gasteiger partial charge in [0.1, 0.15) is 5.02 Å². The largest absolute Gasteiger partial charge is 0.380 e. The fourth-order valence-corrected chi connectivity index (χ4v) is 1.81. The molecule has 1 aliphatic rings. The van der Waals surface area contributed by atoms with Crippen molar-refractivity contribution in [3.63, 3.8) is 0 Å². The van der Waals surface area contributed by atoms with E-state index >= 15 is 0 Å². The third-order valence-electron chi connectivity index (χ3n) is 2.58. The molecule has 4 nitrogen and oxygen atoms in total. The molecule has 1 aromatic rings. The Balaban J connectivity index is 2.02. The van der Waals surface area contributed by atoms with Crippen LogP contribution in [-0.4, -0.2) is 16.2 Å². The average molecular weight is 228 g/mol. The van der Waals surface area contributed by atoms with Gasteiger partial charge in [0.2, 0.25) is 0 Å². The maximum atomic E-state index is 11.2. The van der Waals surface area contributed by atoms with Crippen LogP contribution in [0.3, 0.4) is 0 Å². The van der Waals surface area contributed by atoms with E-state index in [2.05, 4.69) is 22.4 Å². The Bertz CT molecular complexity index is 400. The van der Waals surface area contributed by atoms with Crippen molar-refractivity contribution in [2.75, 3.05) is 5.32 Å². The standard InChI is InChI=1S/C10H14ClN3O/c1-6(4-7-2-3-7)13-8-5-12-14-10(15)9(8)11/h5-7H,2-4H2,1H3,(H2,13,14,15). The zero-order valence-electron chi connectivity index (χ0n) is 8.59. The highest BCUT2D eigenvalue weighted by atomic mass is 35.5. The zero-order valence-corrected chi connectivity index (χ0v) is 9.34. The van der Waals surface area contributed by atoms with E-state index in [1.165, 1.54) is 12.8 Å². The summed E-state index contributed by atoms with van der Waals surface area (Å²) in [7, 11) is 0. The van der Waals surface area contributed by atoms with Gasteiger partial charge in [0.15, 0.2) is 0 Å². The van der Waals surface area contributed by atoms with Crippen molar-refractivity contribution in [2.24, 2.45) is 5.92 Å². The maximum absolute atomic E-state index is 11.2. The molecule has 1 unspecified atom stereocenters. The third-order valence-corrected chi connectivity index (χ3v) is 2.96. The van der Waals surface area contributed by atoms with E-state index in [1.807, 2.05) is 0 Å². The Morgan fingerprint density at radius 3 is 3.13 bits per heavy atom. The Morgan fingerprint density at radius 2 is 2.47 bits per heavy atom. The van der Waals surface area contributed by atoms with E-state index in [0.29, 0.717) is 11.7 Å². The highest BCUT2D eigenvalue weighted by molar-refractivity contribution is 6.32. The van der Waals surface area contributed by atoms with Crippen molar-refractivity contribution in [2.45, 2.75) is 32.2 Å². The molecule has 1 heterocycles. The molecule has 2 rings (SSSR count). The SMILES string of the molecule is CC(CC1CC1)Nc1cn[nH]c(=O)c1Cl. The van der Waals surface area contributed by atoms with Crippen molar-refractivity contribution in [3.8, 4) is 0 Å². The summed E-state index contributed by atoms with van der Waals surface area (Å²) in [6.07, 6.45) is 5.33. The molecule has 1 aliphatic carbocycles. The van der Waals surface area contributed by atoms with Crippen LogP contribution in [0.5, 0.6) is 0 Å². The van der Waals surface area contributed by atoms with Gasteiger partial charge in [-0.25, -0.2) is 5.10 Å². The lowest BCUT2D eigenvalue weighted by Gasteiger charge is -2.14. The van der Waals surface area contributed by atoms with Crippen LogP contribution in [-0.2, 0) is 0 Å². The van der Waals surface area contributed by atoms with E-state index in [4.69, 9.17) is 11.6 Å². The first-order valence-corrected chi connectivity index (χ1v) is 5.54. The molecule has 0 aromatic carbocycles. The number of anilines is 1. The predicted molar refractivity (Wildman–Crippen MR) is 60.3 cm³/mol. The summed E-state index contributed by atoms with van der Waals surface area (Å²) < 4.78 is 0. The molecule has 1 fully saturated rings. The van der Waals surface area contributed by atoms with Crippen LogP contribution in [0.2, 0.25) is 5.02 Å². The second-order valence-electron chi connectivity index (χ2n) is 4.15. The molecule has 0 spiro atoms. The Labute approximate surface area is 93.0 Å². The van der Waals surface area contributed by atoms with E-state index in [0.717, 1.165) is 12.3 Å². The first kappa shape index (κ1) is 10.5. The summed E-state index contributed by atoms with van der Waals surface area (Å²) in [5, 5.41) is 9.39. The minimum atomic E-state index is -0.347. The van der Waals surface area contributed by atoms with Gasteiger partial charge in [-0.3, -0.25) is 4.79 Å². The van der Waals surface area contributed by atoms with Gasteiger partial charge in [0.05, 0.1) is 11.9 Å². The summed E-state index contributed by atoms with van der Waals surface area (Å²) >= 11 is 5.84. The van der Waals surface area contributed by atoms with Gasteiger partial charge < -0.3 is 5.32 Å². The topological polar surface area (TPSA) is 57.8 Å². The van der Waals surface area contributed by atoms with Crippen molar-refractivity contribution in [3.05, 3.63) is 21.6 Å². The van der Waals surface area contributed by atoms with E-state index < -0.39 is 0 Å². The fraction of sp³-hybridized carbons (Fsp3) is 0.600. The molecule has 0 bridgehead atoms. The molecule has 1 saturated carbocycles. The van der Waals surface area contributed by atoms with Gasteiger partial charge >= 0.3 is 0 Å². The van der Waals surface area contributed by atoms with Crippen LogP contribution in [0.4, 0.5) is 5.69 Å². The second-order valence-corrected chi connectivity index (χ2v) is 4.53. The Hall–Kier alpha value is -1.03. The molecule has 82 valence electrons. The van der Waals surface area contributed by atoms with Crippen LogP contribution in [0.1, 0.15) is 26.2 Å². The van der Waals surface area contributed by atoms with Crippen molar-refractivity contribution in [1.29, 1.82) is 0 Å². The average Bonchev–Trinajstić information content (AvgIpc) is 2.97.